The normalized spacial score (nSPS) is 22.6. The molecule has 1 aliphatic carbocycles. The summed E-state index contributed by atoms with van der Waals surface area (Å²) in [6.07, 6.45) is 3.23. The molecule has 2 aliphatic rings. The van der Waals surface area contributed by atoms with E-state index in [0.717, 1.165) is 12.8 Å². The molecule has 5 nitrogen and oxygen atoms in total. The number of benzene rings is 2. The molecule has 4 rings (SSSR count). The number of amides is 1. The summed E-state index contributed by atoms with van der Waals surface area (Å²) in [4.78, 5) is 13.1. The van der Waals surface area contributed by atoms with Crippen LogP contribution in [0.2, 0.25) is 5.02 Å². The Hall–Kier alpha value is -1.89. The molecule has 0 aromatic heterocycles. The Morgan fingerprint density at radius 1 is 1.07 bits per heavy atom. The first-order valence-corrected chi connectivity index (χ1v) is 11.4. The third kappa shape index (κ3) is 3.81. The molecule has 0 bridgehead atoms. The Labute approximate surface area is 170 Å². The lowest BCUT2D eigenvalue weighted by Gasteiger charge is -2.32. The van der Waals surface area contributed by atoms with Crippen LogP contribution >= 0.6 is 11.6 Å². The van der Waals surface area contributed by atoms with Crippen LogP contribution in [0.25, 0.3) is 0 Å². The first-order chi connectivity index (χ1) is 13.4. The van der Waals surface area contributed by atoms with Gasteiger partial charge >= 0.3 is 0 Å². The molecular weight excluding hydrogens is 396 g/mol. The van der Waals surface area contributed by atoms with E-state index in [2.05, 4.69) is 17.4 Å². The SMILES string of the molecule is O=C(N[C@H]1CCc2ccccc21)[C@H]1CCCN(S(=O)(=O)c2ccc(Cl)cc2)C1. The largest absolute Gasteiger partial charge is 0.349 e. The van der Waals surface area contributed by atoms with E-state index in [0.29, 0.717) is 24.4 Å². The van der Waals surface area contributed by atoms with Gasteiger partial charge in [0.25, 0.3) is 0 Å². The first kappa shape index (κ1) is 19.4. The van der Waals surface area contributed by atoms with Gasteiger partial charge in [0, 0.05) is 18.1 Å². The number of hydrogen-bond acceptors (Lipinski definition) is 3. The summed E-state index contributed by atoms with van der Waals surface area (Å²) < 4.78 is 27.3. The Morgan fingerprint density at radius 3 is 2.61 bits per heavy atom. The van der Waals surface area contributed by atoms with Gasteiger partial charge in [-0.15, -0.1) is 0 Å². The van der Waals surface area contributed by atoms with Crippen LogP contribution in [-0.2, 0) is 21.2 Å². The summed E-state index contributed by atoms with van der Waals surface area (Å²) in [5.41, 5.74) is 2.46. The second-order valence-electron chi connectivity index (χ2n) is 7.45. The molecule has 1 aliphatic heterocycles. The molecular formula is C21H23ClN2O3S. The third-order valence-corrected chi connectivity index (χ3v) is 7.79. The molecule has 0 saturated carbocycles. The number of nitrogens with zero attached hydrogens (tertiary/aromatic N) is 1. The fraction of sp³-hybridized carbons (Fsp3) is 0.381. The zero-order valence-electron chi connectivity index (χ0n) is 15.5. The van der Waals surface area contributed by atoms with Gasteiger partial charge in [-0.1, -0.05) is 35.9 Å². The molecule has 28 heavy (non-hydrogen) atoms. The van der Waals surface area contributed by atoms with Crippen molar-refractivity contribution in [3.05, 3.63) is 64.7 Å². The lowest BCUT2D eigenvalue weighted by atomic mass is 9.98. The van der Waals surface area contributed by atoms with Crippen molar-refractivity contribution in [3.63, 3.8) is 0 Å². The summed E-state index contributed by atoms with van der Waals surface area (Å²) in [7, 11) is -3.63. The monoisotopic (exact) mass is 418 g/mol. The Morgan fingerprint density at radius 2 is 1.82 bits per heavy atom. The molecule has 1 amide bonds. The zero-order chi connectivity index (χ0) is 19.7. The van der Waals surface area contributed by atoms with Crippen LogP contribution in [0.1, 0.15) is 36.4 Å². The number of halogens is 1. The molecule has 7 heteroatoms. The highest BCUT2D eigenvalue weighted by Gasteiger charge is 2.34. The molecule has 2 aromatic carbocycles. The smallest absolute Gasteiger partial charge is 0.243 e. The number of hydrogen-bond donors (Lipinski definition) is 1. The highest BCUT2D eigenvalue weighted by Crippen LogP contribution is 2.32. The number of carbonyl (C=O) groups excluding carboxylic acids is 1. The molecule has 2 atom stereocenters. The molecule has 1 heterocycles. The number of nitrogens with one attached hydrogen (secondary N) is 1. The fourth-order valence-corrected chi connectivity index (χ4v) is 5.78. The van der Waals surface area contributed by atoms with E-state index in [1.165, 1.54) is 27.6 Å². The molecule has 1 N–H and O–H groups in total. The van der Waals surface area contributed by atoms with Gasteiger partial charge in [0.15, 0.2) is 0 Å². The lowest BCUT2D eigenvalue weighted by molar-refractivity contribution is -0.126. The number of piperidine rings is 1. The zero-order valence-corrected chi connectivity index (χ0v) is 17.0. The highest BCUT2D eigenvalue weighted by molar-refractivity contribution is 7.89. The number of aryl methyl sites for hydroxylation is 1. The van der Waals surface area contributed by atoms with E-state index in [1.54, 1.807) is 12.1 Å². The number of fused-ring (bicyclic) bond motifs is 1. The quantitative estimate of drug-likeness (QED) is 0.825. The first-order valence-electron chi connectivity index (χ1n) is 9.59. The molecule has 1 saturated heterocycles. The van der Waals surface area contributed by atoms with E-state index in [1.807, 2.05) is 12.1 Å². The van der Waals surface area contributed by atoms with E-state index in [4.69, 9.17) is 11.6 Å². The van der Waals surface area contributed by atoms with Gasteiger partial charge in [-0.2, -0.15) is 4.31 Å². The summed E-state index contributed by atoms with van der Waals surface area (Å²) in [5, 5.41) is 3.64. The lowest BCUT2D eigenvalue weighted by Crippen LogP contribution is -2.45. The maximum absolute atomic E-state index is 12.9. The number of rotatable bonds is 4. The average Bonchev–Trinajstić information content (AvgIpc) is 3.11. The minimum Gasteiger partial charge on any atom is -0.349 e. The molecule has 148 valence electrons. The van der Waals surface area contributed by atoms with Gasteiger partial charge in [-0.3, -0.25) is 4.79 Å². The van der Waals surface area contributed by atoms with Gasteiger partial charge in [0.1, 0.15) is 0 Å². The van der Waals surface area contributed by atoms with E-state index in [9.17, 15) is 13.2 Å². The van der Waals surface area contributed by atoms with Crippen molar-refractivity contribution in [1.82, 2.24) is 9.62 Å². The molecule has 2 aromatic rings. The topological polar surface area (TPSA) is 66.5 Å². The van der Waals surface area contributed by atoms with Crippen molar-refractivity contribution in [3.8, 4) is 0 Å². The van der Waals surface area contributed by atoms with Crippen LogP contribution in [0.5, 0.6) is 0 Å². The van der Waals surface area contributed by atoms with Crippen molar-refractivity contribution >= 4 is 27.5 Å². The molecule has 1 fully saturated rings. The standard InChI is InChI=1S/C21H23ClN2O3S/c22-17-8-10-18(11-9-17)28(26,27)24-13-3-5-16(14-24)21(25)23-20-12-7-15-4-1-2-6-19(15)20/h1-2,4,6,8-11,16,20H,3,5,7,12-14H2,(H,23,25)/t16-,20-/m0/s1. The third-order valence-electron chi connectivity index (χ3n) is 5.66. The van der Waals surface area contributed by atoms with Gasteiger partial charge in [-0.25, -0.2) is 8.42 Å². The van der Waals surface area contributed by atoms with E-state index < -0.39 is 10.0 Å². The summed E-state index contributed by atoms with van der Waals surface area (Å²) in [5.74, 6) is -0.388. The van der Waals surface area contributed by atoms with Gasteiger partial charge in [0.2, 0.25) is 15.9 Å². The summed E-state index contributed by atoms with van der Waals surface area (Å²) >= 11 is 5.87. The van der Waals surface area contributed by atoms with Crippen LogP contribution < -0.4 is 5.32 Å². The summed E-state index contributed by atoms with van der Waals surface area (Å²) in [6.45, 7) is 0.645. The molecule has 0 radical (unpaired) electrons. The Balaban J connectivity index is 1.45. The van der Waals surface area contributed by atoms with Crippen molar-refractivity contribution in [2.24, 2.45) is 5.92 Å². The molecule has 0 spiro atoms. The molecule has 0 unspecified atom stereocenters. The predicted molar refractivity (Wildman–Crippen MR) is 109 cm³/mol. The van der Waals surface area contributed by atoms with Crippen LogP contribution in [0.4, 0.5) is 0 Å². The maximum atomic E-state index is 12.9. The highest BCUT2D eigenvalue weighted by atomic mass is 35.5. The fourth-order valence-electron chi connectivity index (χ4n) is 4.13. The Kier molecular flexibility index (Phi) is 5.45. The van der Waals surface area contributed by atoms with Gasteiger partial charge < -0.3 is 5.32 Å². The van der Waals surface area contributed by atoms with Crippen molar-refractivity contribution in [2.75, 3.05) is 13.1 Å². The minimum absolute atomic E-state index is 0.0203. The van der Waals surface area contributed by atoms with Gasteiger partial charge in [0.05, 0.1) is 16.9 Å². The van der Waals surface area contributed by atoms with Crippen LogP contribution in [0, 0.1) is 5.92 Å². The maximum Gasteiger partial charge on any atom is 0.243 e. The van der Waals surface area contributed by atoms with Crippen molar-refractivity contribution in [2.45, 2.75) is 36.6 Å². The van der Waals surface area contributed by atoms with E-state index in [-0.39, 0.29) is 29.3 Å². The summed E-state index contributed by atoms with van der Waals surface area (Å²) in [6, 6.07) is 14.3. The van der Waals surface area contributed by atoms with Crippen LogP contribution in [-0.4, -0.2) is 31.7 Å². The Bertz CT molecular complexity index is 975. The van der Waals surface area contributed by atoms with Crippen molar-refractivity contribution in [1.29, 1.82) is 0 Å². The van der Waals surface area contributed by atoms with Gasteiger partial charge in [-0.05, 0) is 61.1 Å². The van der Waals surface area contributed by atoms with Crippen molar-refractivity contribution < 1.29 is 13.2 Å². The second-order valence-corrected chi connectivity index (χ2v) is 9.83. The average molecular weight is 419 g/mol. The van der Waals surface area contributed by atoms with Crippen LogP contribution in [0.3, 0.4) is 0 Å². The number of sulfonamides is 1. The minimum atomic E-state index is -3.63. The predicted octanol–water partition coefficient (Wildman–Crippen LogP) is 3.54. The number of carbonyl (C=O) groups is 1. The second kappa shape index (κ2) is 7.85. The van der Waals surface area contributed by atoms with E-state index >= 15 is 0 Å². The van der Waals surface area contributed by atoms with Crippen LogP contribution in [0.15, 0.2) is 53.4 Å².